The zero-order valence-electron chi connectivity index (χ0n) is 20.8. The summed E-state index contributed by atoms with van der Waals surface area (Å²) < 4.78 is 12.8. The van der Waals surface area contributed by atoms with Crippen molar-refractivity contribution in [1.82, 2.24) is 10.5 Å². The number of aliphatic hydroxyl groups is 1. The van der Waals surface area contributed by atoms with Gasteiger partial charge in [0, 0.05) is 42.5 Å². The third-order valence-corrected chi connectivity index (χ3v) is 7.12. The molecule has 38 heavy (non-hydrogen) atoms. The molecule has 4 rings (SSSR count). The maximum absolute atomic E-state index is 12.3. The molecule has 1 fully saturated rings. The van der Waals surface area contributed by atoms with Crippen LogP contribution in [-0.2, 0) is 25.7 Å². The summed E-state index contributed by atoms with van der Waals surface area (Å²) in [5.74, 6) is -0.0625. The van der Waals surface area contributed by atoms with Gasteiger partial charge in [-0.15, -0.1) is 11.8 Å². The van der Waals surface area contributed by atoms with E-state index >= 15 is 0 Å². The Kier molecular flexibility index (Phi) is 10.2. The van der Waals surface area contributed by atoms with Crippen LogP contribution in [-0.4, -0.2) is 39.0 Å². The SMILES string of the molecule is O=C(CCCC(=O)Nc1cccc(C2OC(CSc3ccccn3)CC(c3ccc(CO)cc3)O2)c1)NO. The minimum absolute atomic E-state index is 0.0198. The number of hydrogen-bond acceptors (Lipinski definition) is 8. The van der Waals surface area contributed by atoms with Crippen LogP contribution in [0.2, 0.25) is 0 Å². The van der Waals surface area contributed by atoms with Crippen LogP contribution in [0.5, 0.6) is 0 Å². The molecule has 3 aromatic rings. The first-order valence-electron chi connectivity index (χ1n) is 12.4. The van der Waals surface area contributed by atoms with Crippen molar-refractivity contribution in [3.63, 3.8) is 0 Å². The molecular weight excluding hydrogens is 506 g/mol. The van der Waals surface area contributed by atoms with Gasteiger partial charge < -0.3 is 19.9 Å². The predicted molar refractivity (Wildman–Crippen MR) is 142 cm³/mol. The van der Waals surface area contributed by atoms with Gasteiger partial charge >= 0.3 is 0 Å². The second-order valence-electron chi connectivity index (χ2n) is 8.89. The number of pyridine rings is 1. The third kappa shape index (κ3) is 8.11. The lowest BCUT2D eigenvalue weighted by atomic mass is 10.0. The molecule has 0 spiro atoms. The zero-order valence-corrected chi connectivity index (χ0v) is 21.6. The van der Waals surface area contributed by atoms with Crippen LogP contribution in [0, 0.1) is 0 Å². The van der Waals surface area contributed by atoms with E-state index in [0.717, 1.165) is 21.7 Å². The van der Waals surface area contributed by atoms with Crippen molar-refractivity contribution in [1.29, 1.82) is 0 Å². The van der Waals surface area contributed by atoms with Crippen molar-refractivity contribution < 1.29 is 29.4 Å². The van der Waals surface area contributed by atoms with Gasteiger partial charge in [0.15, 0.2) is 6.29 Å². The Bertz CT molecular complexity index is 1190. The van der Waals surface area contributed by atoms with Crippen molar-refractivity contribution in [2.24, 2.45) is 0 Å². The summed E-state index contributed by atoms with van der Waals surface area (Å²) in [5, 5.41) is 21.7. The number of nitrogens with one attached hydrogen (secondary N) is 2. The van der Waals surface area contributed by atoms with Gasteiger partial charge in [0.05, 0.1) is 23.8 Å². The van der Waals surface area contributed by atoms with E-state index in [2.05, 4.69) is 10.3 Å². The first-order valence-corrected chi connectivity index (χ1v) is 13.4. The van der Waals surface area contributed by atoms with Crippen molar-refractivity contribution in [3.05, 3.63) is 89.6 Å². The zero-order chi connectivity index (χ0) is 26.7. The quantitative estimate of drug-likeness (QED) is 0.160. The summed E-state index contributed by atoms with van der Waals surface area (Å²) in [6.07, 6.45) is 1.98. The second-order valence-corrected chi connectivity index (χ2v) is 9.93. The summed E-state index contributed by atoms with van der Waals surface area (Å²) in [6.45, 7) is -0.0198. The molecule has 2 heterocycles. The number of rotatable bonds is 11. The monoisotopic (exact) mass is 537 g/mol. The van der Waals surface area contributed by atoms with Gasteiger partial charge in [0.1, 0.15) is 0 Å². The van der Waals surface area contributed by atoms with Gasteiger partial charge in [-0.3, -0.25) is 14.8 Å². The van der Waals surface area contributed by atoms with Gasteiger partial charge in [0.25, 0.3) is 0 Å². The van der Waals surface area contributed by atoms with Crippen LogP contribution < -0.4 is 10.8 Å². The number of anilines is 1. The highest BCUT2D eigenvalue weighted by molar-refractivity contribution is 7.99. The minimum Gasteiger partial charge on any atom is -0.392 e. The topological polar surface area (TPSA) is 130 Å². The van der Waals surface area contributed by atoms with Crippen molar-refractivity contribution in [2.75, 3.05) is 11.1 Å². The van der Waals surface area contributed by atoms with E-state index in [4.69, 9.17) is 14.7 Å². The predicted octanol–water partition coefficient (Wildman–Crippen LogP) is 4.53. The van der Waals surface area contributed by atoms with Crippen LogP contribution in [0.1, 0.15) is 54.8 Å². The molecule has 0 bridgehead atoms. The normalized spacial score (nSPS) is 19.1. The fourth-order valence-corrected chi connectivity index (χ4v) is 4.97. The molecule has 0 aliphatic carbocycles. The Morgan fingerprint density at radius 1 is 0.974 bits per heavy atom. The molecule has 1 aromatic heterocycles. The number of hydrogen-bond donors (Lipinski definition) is 4. The number of hydroxylamine groups is 1. The Hall–Kier alpha value is -3.28. The Morgan fingerprint density at radius 3 is 2.53 bits per heavy atom. The number of aliphatic hydroxyl groups excluding tert-OH is 1. The van der Waals surface area contributed by atoms with E-state index < -0.39 is 12.2 Å². The summed E-state index contributed by atoms with van der Waals surface area (Å²) in [4.78, 5) is 27.9. The molecule has 1 aliphatic rings. The average molecular weight is 538 g/mol. The van der Waals surface area contributed by atoms with Gasteiger partial charge in [-0.25, -0.2) is 10.5 Å². The van der Waals surface area contributed by atoms with Crippen molar-refractivity contribution >= 4 is 29.3 Å². The Labute approximate surface area is 225 Å². The van der Waals surface area contributed by atoms with E-state index in [1.165, 1.54) is 0 Å². The lowest BCUT2D eigenvalue weighted by Gasteiger charge is -2.36. The molecule has 1 aliphatic heterocycles. The molecule has 2 amide bonds. The fraction of sp³-hybridized carbons (Fsp3) is 0.321. The highest BCUT2D eigenvalue weighted by Gasteiger charge is 2.32. The summed E-state index contributed by atoms with van der Waals surface area (Å²) in [7, 11) is 0. The van der Waals surface area contributed by atoms with Crippen LogP contribution in [0.25, 0.3) is 0 Å². The first-order chi connectivity index (χ1) is 18.5. The molecule has 0 radical (unpaired) electrons. The van der Waals surface area contributed by atoms with Gasteiger partial charge in [-0.1, -0.05) is 42.5 Å². The number of nitrogens with zero attached hydrogens (tertiary/aromatic N) is 1. The van der Waals surface area contributed by atoms with E-state index in [1.807, 2.05) is 60.7 Å². The Morgan fingerprint density at radius 2 is 1.79 bits per heavy atom. The third-order valence-electron chi connectivity index (χ3n) is 6.04. The number of thioether (sulfide) groups is 1. The Balaban J connectivity index is 1.46. The van der Waals surface area contributed by atoms with Crippen molar-refractivity contribution in [3.8, 4) is 0 Å². The highest BCUT2D eigenvalue weighted by Crippen LogP contribution is 2.39. The molecule has 10 heteroatoms. The maximum atomic E-state index is 12.3. The molecule has 2 aromatic carbocycles. The molecule has 4 N–H and O–H groups in total. The summed E-state index contributed by atoms with van der Waals surface area (Å²) >= 11 is 1.62. The molecular formula is C28H31N3O6S. The van der Waals surface area contributed by atoms with Crippen molar-refractivity contribution in [2.45, 2.75) is 55.8 Å². The average Bonchev–Trinajstić information content (AvgIpc) is 2.96. The van der Waals surface area contributed by atoms with E-state index in [9.17, 15) is 14.7 Å². The largest absolute Gasteiger partial charge is 0.392 e. The fourth-order valence-electron chi connectivity index (χ4n) is 4.09. The lowest BCUT2D eigenvalue weighted by molar-refractivity contribution is -0.245. The smallest absolute Gasteiger partial charge is 0.243 e. The molecule has 0 saturated carbocycles. The van der Waals surface area contributed by atoms with Crippen LogP contribution >= 0.6 is 11.8 Å². The van der Waals surface area contributed by atoms with Crippen LogP contribution in [0.3, 0.4) is 0 Å². The standard InChI is InChI=1S/C28H31N3O6S/c32-17-19-10-12-20(13-11-19)24-16-23(18-38-27-9-1-2-14-29-27)36-28(37-24)21-5-3-6-22(15-21)30-25(33)7-4-8-26(34)31-35/h1-3,5-6,9-15,23-24,28,32,35H,4,7-8,16-18H2,(H,30,33)(H,31,34). The van der Waals surface area contributed by atoms with Gasteiger partial charge in [-0.2, -0.15) is 0 Å². The molecule has 200 valence electrons. The highest BCUT2D eigenvalue weighted by atomic mass is 32.2. The summed E-state index contributed by atoms with van der Waals surface area (Å²) in [6, 6.07) is 20.8. The maximum Gasteiger partial charge on any atom is 0.243 e. The molecule has 1 saturated heterocycles. The van der Waals surface area contributed by atoms with E-state index in [0.29, 0.717) is 24.3 Å². The number of carbonyl (C=O) groups excluding carboxylic acids is 2. The molecule has 9 nitrogen and oxygen atoms in total. The molecule has 3 atom stereocenters. The first kappa shape index (κ1) is 27.7. The number of ether oxygens (including phenoxy) is 2. The minimum atomic E-state index is -0.647. The number of amides is 2. The number of carbonyl (C=O) groups is 2. The van der Waals surface area contributed by atoms with Crippen LogP contribution in [0.4, 0.5) is 5.69 Å². The number of aromatic nitrogens is 1. The van der Waals surface area contributed by atoms with Crippen LogP contribution in [0.15, 0.2) is 78.0 Å². The summed E-state index contributed by atoms with van der Waals surface area (Å²) in [5.41, 5.74) is 4.76. The van der Waals surface area contributed by atoms with Gasteiger partial charge in [0.2, 0.25) is 11.8 Å². The lowest BCUT2D eigenvalue weighted by Crippen LogP contribution is -2.31. The van der Waals surface area contributed by atoms with E-state index in [-0.39, 0.29) is 37.6 Å². The number of benzene rings is 2. The molecule has 3 unspecified atom stereocenters. The van der Waals surface area contributed by atoms with Gasteiger partial charge in [-0.05, 0) is 41.8 Å². The van der Waals surface area contributed by atoms with E-state index in [1.54, 1.807) is 29.5 Å². The second kappa shape index (κ2) is 14.0.